The van der Waals surface area contributed by atoms with Gasteiger partial charge in [0, 0.05) is 55.0 Å². The van der Waals surface area contributed by atoms with Crippen molar-refractivity contribution < 1.29 is 42.6 Å². The number of fused-ring (bicyclic) bond motifs is 1. The zero-order valence-corrected chi connectivity index (χ0v) is 40.0. The van der Waals surface area contributed by atoms with Crippen LogP contribution in [-0.4, -0.2) is 19.6 Å². The zero-order valence-electron chi connectivity index (χ0n) is 49.7. The van der Waals surface area contributed by atoms with Crippen LogP contribution in [0.25, 0.3) is 83.9 Å². The van der Waals surface area contributed by atoms with E-state index in [0.29, 0.717) is 67.2 Å². The van der Waals surface area contributed by atoms with Gasteiger partial charge in [-0.25, -0.2) is 4.98 Å². The van der Waals surface area contributed by atoms with Gasteiger partial charge in [0.1, 0.15) is 11.6 Å². The minimum Gasteiger partial charge on any atom is -0.507 e. The molecular weight excluding hydrogens is 986 g/mol. The Morgan fingerprint density at radius 1 is 0.530 bits per heavy atom. The van der Waals surface area contributed by atoms with Gasteiger partial charge in [-0.15, -0.1) is 29.3 Å². The second-order valence-electron chi connectivity index (χ2n) is 18.8. The summed E-state index contributed by atoms with van der Waals surface area (Å²) in [6.07, 6.45) is 1.62. The molecule has 0 aliphatic carbocycles. The third-order valence-corrected chi connectivity index (χ3v) is 12.1. The maximum absolute atomic E-state index is 11.6. The molecular formula is C61H58N3OPt-. The number of hydrogen-bond donors (Lipinski definition) is 1. The summed E-state index contributed by atoms with van der Waals surface area (Å²) in [7, 11) is 0. The number of para-hydroxylation sites is 2. The maximum atomic E-state index is 11.6. The van der Waals surface area contributed by atoms with E-state index < -0.39 is 32.8 Å². The molecule has 4 nitrogen and oxygen atoms in total. The number of hydrogen-bond acceptors (Lipinski definition) is 3. The van der Waals surface area contributed by atoms with E-state index in [1.165, 1.54) is 24.3 Å². The van der Waals surface area contributed by atoms with Crippen molar-refractivity contribution in [2.24, 2.45) is 0 Å². The molecule has 334 valence electrons. The van der Waals surface area contributed by atoms with Crippen LogP contribution in [0.3, 0.4) is 0 Å². The van der Waals surface area contributed by atoms with Crippen LogP contribution in [0.15, 0.2) is 164 Å². The van der Waals surface area contributed by atoms with Gasteiger partial charge in [0.25, 0.3) is 0 Å². The van der Waals surface area contributed by atoms with Crippen LogP contribution < -0.4 is 0 Å². The summed E-state index contributed by atoms with van der Waals surface area (Å²) in [4.78, 5) is 10.2. The maximum Gasteiger partial charge on any atom is 0.148 e. The molecule has 1 N–H and O–H groups in total. The molecule has 0 amide bonds. The topological polar surface area (TPSA) is 50.9 Å². The van der Waals surface area contributed by atoms with E-state index in [4.69, 9.17) is 26.4 Å². The van der Waals surface area contributed by atoms with Crippen molar-refractivity contribution in [3.8, 4) is 78.6 Å². The van der Waals surface area contributed by atoms with Crippen molar-refractivity contribution in [1.29, 1.82) is 0 Å². The Hall–Kier alpha value is -6.35. The monoisotopic (exact) mass is 1060 g/mol. The van der Waals surface area contributed by atoms with Crippen LogP contribution in [0.5, 0.6) is 5.75 Å². The second kappa shape index (κ2) is 17.8. The standard InChI is InChI=1S/C61H58N3O.Pt/c1-39-33-55(52(38-51(39)41-17-12-11-13-18-41)42-25-29-47(30-26-42)60(5,6)7)64-54-21-16-20-49(57(54)63-58(64)50-19-14-15-22-56(50)65)44-34-45(36-48(35-44)61(8,9)10)53-37-43(31-32-62-53)40-23-27-46(28-24-40)59(2,3)4;/h11-33,35-38,65H,1-10H3;/q-1;/i1D3,2D3,3D3,4D3;. The van der Waals surface area contributed by atoms with E-state index in [1.54, 1.807) is 36.5 Å². The predicted molar refractivity (Wildman–Crippen MR) is 273 cm³/mol. The number of rotatable bonds is 7. The molecule has 0 bridgehead atoms. The van der Waals surface area contributed by atoms with E-state index in [1.807, 2.05) is 77.4 Å². The van der Waals surface area contributed by atoms with Crippen LogP contribution in [0.1, 0.15) is 101 Å². The fourth-order valence-corrected chi connectivity index (χ4v) is 8.37. The van der Waals surface area contributed by atoms with Crippen LogP contribution >= 0.6 is 0 Å². The fraction of sp³-hybridized carbons (Fsp3) is 0.213. The Balaban J connectivity index is 0.00000803. The van der Waals surface area contributed by atoms with Gasteiger partial charge in [-0.1, -0.05) is 182 Å². The normalized spacial score (nSPS) is 15.5. The first kappa shape index (κ1) is 33.2. The van der Waals surface area contributed by atoms with Crippen LogP contribution in [0, 0.1) is 12.9 Å². The SMILES string of the molecule is [2H]C([2H])([2H])c1cc(-n2c(-c3ccccc3O)nc3c(-c4[c-]c(-c5cc(-c6ccc(C(C([2H])([2H])[2H])(C([2H])([2H])[2H])C([2H])([2H])[2H])cc6)ccn5)cc(C(C)(C)C)c4)cccc32)c(-c2ccc(C(C)(C)C)cc2)cc1-c1ccccc1.[Pt]. The fourth-order valence-electron chi connectivity index (χ4n) is 8.37. The van der Waals surface area contributed by atoms with Gasteiger partial charge in [-0.3, -0.25) is 9.55 Å². The number of aromatic hydroxyl groups is 1. The first-order chi connectivity index (χ1) is 35.9. The van der Waals surface area contributed by atoms with E-state index >= 15 is 0 Å². The predicted octanol–water partition coefficient (Wildman–Crippen LogP) is 16.1. The molecule has 0 atom stereocenters. The number of imidazole rings is 1. The first-order valence-corrected chi connectivity index (χ1v) is 21.7. The third kappa shape index (κ3) is 9.09. The average molecular weight is 1060 g/mol. The molecule has 66 heavy (non-hydrogen) atoms. The van der Waals surface area contributed by atoms with Crippen molar-refractivity contribution in [2.75, 3.05) is 0 Å². The van der Waals surface area contributed by atoms with Gasteiger partial charge >= 0.3 is 0 Å². The van der Waals surface area contributed by atoms with Gasteiger partial charge < -0.3 is 5.11 Å². The number of aryl methyl sites for hydroxylation is 1. The molecule has 9 aromatic rings. The average Bonchev–Trinajstić information content (AvgIpc) is 3.93. The summed E-state index contributed by atoms with van der Waals surface area (Å²) in [5, 5.41) is 11.6. The Bertz CT molecular complexity index is 3620. The molecule has 5 heteroatoms. The van der Waals surface area contributed by atoms with Crippen molar-refractivity contribution >= 4 is 11.0 Å². The molecule has 0 radical (unpaired) electrons. The Kier molecular flexibility index (Phi) is 8.94. The summed E-state index contributed by atoms with van der Waals surface area (Å²) in [6, 6.07) is 51.1. The minimum absolute atomic E-state index is 0. The second-order valence-corrected chi connectivity index (χ2v) is 18.8. The van der Waals surface area contributed by atoms with Crippen molar-refractivity contribution in [1.82, 2.24) is 14.5 Å². The van der Waals surface area contributed by atoms with Gasteiger partial charge in [0.05, 0.1) is 22.3 Å². The van der Waals surface area contributed by atoms with Crippen LogP contribution in [0.4, 0.5) is 0 Å². The molecule has 0 aliphatic heterocycles. The summed E-state index contributed by atoms with van der Waals surface area (Å²) < 4.78 is 103. The van der Waals surface area contributed by atoms with E-state index in [-0.39, 0.29) is 48.8 Å². The van der Waals surface area contributed by atoms with E-state index in [2.05, 4.69) is 77.9 Å². The molecule has 0 unspecified atom stereocenters. The van der Waals surface area contributed by atoms with Crippen molar-refractivity contribution in [2.45, 2.75) is 85.2 Å². The van der Waals surface area contributed by atoms with Crippen molar-refractivity contribution in [3.63, 3.8) is 0 Å². The third-order valence-electron chi connectivity index (χ3n) is 12.1. The number of phenols is 1. The number of benzene rings is 7. The quantitative estimate of drug-likeness (QED) is 0.162. The minimum atomic E-state index is -3.40. The van der Waals surface area contributed by atoms with Gasteiger partial charge in [-0.2, -0.15) is 0 Å². The largest absolute Gasteiger partial charge is 0.507 e. The van der Waals surface area contributed by atoms with Gasteiger partial charge in [0.2, 0.25) is 0 Å². The molecule has 2 heterocycles. The molecule has 7 aromatic carbocycles. The molecule has 9 rings (SSSR count). The van der Waals surface area contributed by atoms with Crippen LogP contribution in [0.2, 0.25) is 0 Å². The summed E-state index contributed by atoms with van der Waals surface area (Å²) >= 11 is 0. The summed E-state index contributed by atoms with van der Waals surface area (Å²) in [5.74, 6) is 0.359. The summed E-state index contributed by atoms with van der Waals surface area (Å²) in [6.45, 7) is 0.0312. The van der Waals surface area contributed by atoms with Crippen LogP contribution in [-0.2, 0) is 37.3 Å². The number of phenolic OH excluding ortho intramolecular Hbond substituents is 1. The zero-order chi connectivity index (χ0) is 55.8. The first-order valence-electron chi connectivity index (χ1n) is 27.7. The number of pyridine rings is 1. The Labute approximate surface area is 422 Å². The summed E-state index contributed by atoms with van der Waals surface area (Å²) in [5.41, 5.74) is 7.05. The van der Waals surface area contributed by atoms with Gasteiger partial charge in [0.15, 0.2) is 0 Å². The Morgan fingerprint density at radius 2 is 1.15 bits per heavy atom. The molecule has 0 fully saturated rings. The van der Waals surface area contributed by atoms with Crippen molar-refractivity contribution in [3.05, 3.63) is 192 Å². The molecule has 0 aliphatic rings. The molecule has 2 aromatic heterocycles. The number of nitrogens with zero attached hydrogens (tertiary/aromatic N) is 3. The van der Waals surface area contributed by atoms with E-state index in [0.717, 1.165) is 27.8 Å². The van der Waals surface area contributed by atoms with Gasteiger partial charge in [-0.05, 0) is 104 Å². The Morgan fingerprint density at radius 3 is 1.82 bits per heavy atom. The molecule has 0 saturated heterocycles. The number of aromatic nitrogens is 3. The van der Waals surface area contributed by atoms with E-state index in [9.17, 15) is 5.11 Å². The smallest absolute Gasteiger partial charge is 0.148 e. The molecule has 0 spiro atoms. The molecule has 0 saturated carbocycles.